The van der Waals surface area contributed by atoms with E-state index in [-0.39, 0.29) is 117 Å². The number of esters is 5. The second-order valence-corrected chi connectivity index (χ2v) is 39.1. The van der Waals surface area contributed by atoms with Crippen molar-refractivity contribution >= 4 is 105 Å². The number of aliphatic hydroxyl groups excluding tert-OH is 2. The topological polar surface area (TPSA) is 382 Å². The van der Waals surface area contributed by atoms with Crippen molar-refractivity contribution < 1.29 is 123 Å². The molecule has 1 fully saturated rings. The number of hydrogen-bond donors (Lipinski definition) is 3. The second kappa shape index (κ2) is 117. The van der Waals surface area contributed by atoms with Crippen molar-refractivity contribution in [2.24, 2.45) is 23.7 Å². The van der Waals surface area contributed by atoms with Crippen LogP contribution in [-0.4, -0.2) is 146 Å². The monoisotopic (exact) mass is 2160 g/mol. The van der Waals surface area contributed by atoms with E-state index in [4.69, 9.17) is 45.5 Å². The minimum atomic E-state index is -0.978. The van der Waals surface area contributed by atoms with E-state index in [1.165, 1.54) is 286 Å². The van der Waals surface area contributed by atoms with E-state index in [2.05, 4.69) is 106 Å². The van der Waals surface area contributed by atoms with Crippen LogP contribution in [0.15, 0.2) is 48.5 Å². The maximum absolute atomic E-state index is 12.4. The van der Waals surface area contributed by atoms with Crippen molar-refractivity contribution in [3.63, 3.8) is 0 Å². The molecule has 0 bridgehead atoms. The Bertz CT molecular complexity index is 3340. The zero-order valence-corrected chi connectivity index (χ0v) is 97.9. The molecule has 1 aliphatic rings. The molecule has 3 N–H and O–H groups in total. The number of carboxylic acid groups (broad SMARTS) is 1. The minimum absolute atomic E-state index is 0. The summed E-state index contributed by atoms with van der Waals surface area (Å²) in [7, 11) is 0. The molecular weight excluding hydrogens is 1960 g/mol. The zero-order valence-electron chi connectivity index (χ0n) is 94.1. The molecule has 0 saturated carbocycles. The van der Waals surface area contributed by atoms with Crippen LogP contribution in [0.4, 0.5) is 21.0 Å². The van der Waals surface area contributed by atoms with Crippen LogP contribution in [0, 0.1) is 50.8 Å². The van der Waals surface area contributed by atoms with E-state index in [0.717, 1.165) is 116 Å². The summed E-state index contributed by atoms with van der Waals surface area (Å²) in [4.78, 5) is 132. The third-order valence-electron chi connectivity index (χ3n) is 24.9. The molecule has 0 amide bonds. The number of carboxylic acids is 1. The summed E-state index contributed by atoms with van der Waals surface area (Å²) in [6.45, 7) is 34.3. The number of carbonyl (C=O) groups excluding carboxylic acids is 9. The van der Waals surface area contributed by atoms with Gasteiger partial charge in [-0.2, -0.15) is 6.42 Å². The van der Waals surface area contributed by atoms with Crippen LogP contribution >= 0.6 is 11.6 Å². The number of ether oxygens (including phenoxy) is 7. The summed E-state index contributed by atoms with van der Waals surface area (Å²) < 4.78 is 36.1. The number of ketones is 2. The van der Waals surface area contributed by atoms with Gasteiger partial charge in [0.2, 0.25) is 0 Å². The standard InChI is InChI=1S/C30H49NO7.C23H46O3.C23H44O3.C12H26O.C11H20O3.C7H4ClNO4.C6H13.C5H6O3.BrH.Mg/c1-4-7-10-12-16-25(15-9-6-3)24-36-29(32)19-14-18-27(17-13-11-8-5-2)37-30(33)38-28-22-20-26(21-23-28)31(34)35;2*1-4-7-10-12-16-21(15-9-6-3)20-26-23(25)19-14-18-22(24)17-13-11-8-5-2;1-3-5-7-8-10-12(11-13)9-6-4-2;1-2-3-4-5-7-10(12)8-6-9-11(13)14;8-7(10)13-6-3-1-5(2-4-6)9(11)12;1-3-5-6-4-2;6-4-2-1-3-5(7)8-4;;/h20-23,25,27H,4-19,24H2,1-3H3;21-22,24H,4-20H2,1-3H3;21H,4-20H2,1-3H3;12-13H,3-11H2,1-2H3;2-9H2,1H3,(H,13,14);1-4H;1,3-6H2,2H3;1-3H2;1H;/q;;;;;;-1;;;+2/p-1. The Labute approximate surface area is 917 Å². The SMILES string of the molecule is CCCCCCC(=O)CCCC(=O)O.CCCCCCC(=O)CCCC(=O)OCC(CCCC)CCCCCC.CCCCCCC(CCCC)COC(=O)CCCC(CCCCCC)OC(=O)Oc1ccc([N+](=O)[O-])cc1.CCCCCCC(CO)CCCC.CCCCCCC(O)CCCC(=O)OCC(CCCC)CCCCCC.O=C(Cl)Oc1ccc([N+](=O)[O-])cc1.O=C1CCCC(=O)O1.[Br-].[CH2-]CCCCC.[Mg+2]. The Morgan fingerprint density at radius 3 is 0.945 bits per heavy atom. The zero-order chi connectivity index (χ0) is 108. The molecule has 2 aromatic rings. The smallest absolute Gasteiger partial charge is 1.00 e. The molecule has 6 atom stereocenters. The summed E-state index contributed by atoms with van der Waals surface area (Å²) in [5.74, 6) is 0.911. The van der Waals surface area contributed by atoms with Crippen LogP contribution in [-0.2, 0) is 62.0 Å². The summed E-state index contributed by atoms with van der Waals surface area (Å²) in [5, 5.41) is 48.4. The first-order valence-electron chi connectivity index (χ1n) is 57.3. The number of unbranched alkanes of at least 4 members (excludes halogenated alkanes) is 31. The molecule has 1 heterocycles. The van der Waals surface area contributed by atoms with Gasteiger partial charge in [0.15, 0.2) is 0 Å². The molecule has 3 rings (SSSR count). The number of cyclic esters (lactones) is 2. The number of nitro groups is 2. The normalized spacial score (nSPS) is 12.3. The average Bonchev–Trinajstić information content (AvgIpc) is 0.883. The fourth-order valence-corrected chi connectivity index (χ4v) is 15.8. The molecule has 2 aromatic carbocycles. The Morgan fingerprint density at radius 2 is 0.637 bits per heavy atom. The number of aliphatic hydroxyl groups is 2. The number of Topliss-reactive ketones (excluding diaryl/α,β-unsaturated/α-hetero) is 2. The predicted molar refractivity (Wildman–Crippen MR) is 590 cm³/mol. The van der Waals surface area contributed by atoms with Gasteiger partial charge in [-0.15, -0.1) is 0 Å². The van der Waals surface area contributed by atoms with E-state index >= 15 is 0 Å². The first-order chi connectivity index (χ1) is 69.5. The first-order valence-corrected chi connectivity index (χ1v) is 57.6. The van der Waals surface area contributed by atoms with E-state index in [1.807, 2.05) is 0 Å². The molecule has 0 aliphatic carbocycles. The number of non-ortho nitro benzene ring substituents is 2. The van der Waals surface area contributed by atoms with Crippen LogP contribution in [0.3, 0.4) is 0 Å². The maximum Gasteiger partial charge on any atom is 2.00 e. The van der Waals surface area contributed by atoms with Crippen molar-refractivity contribution in [1.82, 2.24) is 0 Å². The molecule has 6 unspecified atom stereocenters. The molecule has 146 heavy (non-hydrogen) atoms. The van der Waals surface area contributed by atoms with Crippen molar-refractivity contribution in [3.05, 3.63) is 75.7 Å². The predicted octanol–water partition coefficient (Wildman–Crippen LogP) is 30.9. The quantitative estimate of drug-likeness (QED) is 0.00529. The second-order valence-electron chi connectivity index (χ2n) is 38.8. The summed E-state index contributed by atoms with van der Waals surface area (Å²) in [5.41, 5.74) is -1.14. The number of halogens is 2. The van der Waals surface area contributed by atoms with E-state index in [9.17, 15) is 73.3 Å². The number of aliphatic carboxylic acids is 1. The fraction of sp³-hybridized carbons (Fsp3) is 0.803. The Morgan fingerprint density at radius 1 is 0.363 bits per heavy atom. The van der Waals surface area contributed by atoms with Crippen LogP contribution in [0.1, 0.15) is 546 Å². The van der Waals surface area contributed by atoms with Gasteiger partial charge in [0, 0.05) is 107 Å². The molecular formula is C117H208BrClMgN2O24. The van der Waals surface area contributed by atoms with Crippen LogP contribution in [0.5, 0.6) is 11.5 Å². The van der Waals surface area contributed by atoms with Gasteiger partial charge in [-0.25, -0.2) is 9.59 Å². The number of benzene rings is 2. The first kappa shape index (κ1) is 153. The molecule has 846 valence electrons. The van der Waals surface area contributed by atoms with E-state index in [1.54, 1.807) is 0 Å². The van der Waals surface area contributed by atoms with Crippen molar-refractivity contribution in [3.8, 4) is 11.5 Å². The minimum Gasteiger partial charge on any atom is -1.00 e. The van der Waals surface area contributed by atoms with Gasteiger partial charge >= 0.3 is 70.5 Å². The van der Waals surface area contributed by atoms with Gasteiger partial charge in [0.1, 0.15) is 29.2 Å². The largest absolute Gasteiger partial charge is 2.00 e. The molecule has 0 aromatic heterocycles. The summed E-state index contributed by atoms with van der Waals surface area (Å²) >= 11 is 4.92. The Hall–Kier alpha value is -6.20. The Kier molecular flexibility index (Phi) is 123. The molecule has 0 spiro atoms. The van der Waals surface area contributed by atoms with Gasteiger partial charge in [0.25, 0.3) is 11.4 Å². The molecule has 26 nitrogen and oxygen atoms in total. The van der Waals surface area contributed by atoms with Crippen molar-refractivity contribution in [1.29, 1.82) is 0 Å². The van der Waals surface area contributed by atoms with Gasteiger partial charge in [-0.3, -0.25) is 58.6 Å². The number of nitrogens with zero attached hydrogens (tertiary/aromatic N) is 2. The number of rotatable bonds is 83. The van der Waals surface area contributed by atoms with Gasteiger partial charge < -0.3 is 72.4 Å². The van der Waals surface area contributed by atoms with Crippen LogP contribution in [0.2, 0.25) is 0 Å². The molecule has 29 heteroatoms. The van der Waals surface area contributed by atoms with Crippen molar-refractivity contribution in [2.45, 2.75) is 558 Å². The van der Waals surface area contributed by atoms with E-state index < -0.39 is 27.4 Å². The summed E-state index contributed by atoms with van der Waals surface area (Å²) in [6, 6.07) is 10.3. The van der Waals surface area contributed by atoms with Crippen LogP contribution < -0.4 is 26.5 Å². The van der Waals surface area contributed by atoms with Crippen molar-refractivity contribution in [2.75, 3.05) is 26.4 Å². The van der Waals surface area contributed by atoms with Crippen LogP contribution in [0.25, 0.3) is 0 Å². The molecule has 1 saturated heterocycles. The molecule has 0 radical (unpaired) electrons. The van der Waals surface area contributed by atoms with Gasteiger partial charge in [0.05, 0.1) is 35.8 Å². The molecule has 1 aliphatic heterocycles. The third kappa shape index (κ3) is 112. The average molecular weight is 2170 g/mol. The number of carbonyl (C=O) groups is 10. The van der Waals surface area contributed by atoms with Gasteiger partial charge in [-0.1, -0.05) is 347 Å². The maximum atomic E-state index is 12.4. The summed E-state index contributed by atoms with van der Waals surface area (Å²) in [6.07, 6.45) is 71.1. The third-order valence-corrected chi connectivity index (χ3v) is 25.0. The number of nitro benzene ring substituents is 2. The van der Waals surface area contributed by atoms with E-state index in [0.29, 0.717) is 152 Å². The Balaban J connectivity index is -0.000000319. The fourth-order valence-electron chi connectivity index (χ4n) is 15.8. The number of hydrogen-bond acceptors (Lipinski definition) is 23. The van der Waals surface area contributed by atoms with Gasteiger partial charge in [-0.05, 0) is 176 Å².